The Kier molecular flexibility index (Phi) is 4.77. The molecule has 1 aliphatic carbocycles. The number of nitrogens with zero attached hydrogens (tertiary/aromatic N) is 1. The highest BCUT2D eigenvalue weighted by Gasteiger charge is 2.38. The Hall–Kier alpha value is -1.60. The van der Waals surface area contributed by atoms with Crippen LogP contribution in [0.5, 0.6) is 0 Å². The summed E-state index contributed by atoms with van der Waals surface area (Å²) >= 11 is 0. The van der Waals surface area contributed by atoms with Crippen LogP contribution < -0.4 is 0 Å². The molecule has 2 rings (SSSR count). The number of rotatable bonds is 4. The van der Waals surface area contributed by atoms with Crippen LogP contribution in [0.1, 0.15) is 38.3 Å². The van der Waals surface area contributed by atoms with Crippen molar-refractivity contribution in [1.29, 1.82) is 0 Å². The standard InChI is InChI=1S/C21H29N/c1-15-12-18(4)21(5,22(6)7)19(13-15)14-17(3)20-11-9-8-10-16(20)2/h8-13,18H,3,14H2,1-2,4-7H3. The molecule has 2 unspecified atom stereocenters. The molecule has 1 aromatic rings. The van der Waals surface area contributed by atoms with Crippen LogP contribution >= 0.6 is 0 Å². The van der Waals surface area contributed by atoms with E-state index in [4.69, 9.17) is 0 Å². The molecule has 0 aliphatic heterocycles. The minimum Gasteiger partial charge on any atom is -0.300 e. The van der Waals surface area contributed by atoms with Gasteiger partial charge in [0.25, 0.3) is 0 Å². The van der Waals surface area contributed by atoms with Crippen LogP contribution in [0.25, 0.3) is 5.57 Å². The molecule has 0 N–H and O–H groups in total. The second-order valence-corrected chi connectivity index (χ2v) is 7.01. The molecule has 118 valence electrons. The van der Waals surface area contributed by atoms with Gasteiger partial charge in [0.05, 0.1) is 0 Å². The molecule has 1 aromatic carbocycles. The molecule has 0 saturated heterocycles. The van der Waals surface area contributed by atoms with E-state index >= 15 is 0 Å². The van der Waals surface area contributed by atoms with Gasteiger partial charge in [0.2, 0.25) is 0 Å². The monoisotopic (exact) mass is 295 g/mol. The minimum atomic E-state index is 0.0468. The van der Waals surface area contributed by atoms with Gasteiger partial charge in [0.15, 0.2) is 0 Å². The van der Waals surface area contributed by atoms with Crippen molar-refractivity contribution >= 4 is 5.57 Å². The Labute approximate surface area is 136 Å². The zero-order valence-electron chi connectivity index (χ0n) is 14.9. The average Bonchev–Trinajstić information content (AvgIpc) is 2.44. The van der Waals surface area contributed by atoms with Crippen LogP contribution in [0.15, 0.2) is 54.1 Å². The van der Waals surface area contributed by atoms with Crippen molar-refractivity contribution in [3.8, 4) is 0 Å². The SMILES string of the molecule is C=C(CC1=CC(C)=CC(C)C1(C)N(C)C)c1ccccc1C. The van der Waals surface area contributed by atoms with Gasteiger partial charge in [-0.2, -0.15) is 0 Å². The highest BCUT2D eigenvalue weighted by molar-refractivity contribution is 5.69. The quantitative estimate of drug-likeness (QED) is 0.734. The lowest BCUT2D eigenvalue weighted by Crippen LogP contribution is -2.49. The van der Waals surface area contributed by atoms with Crippen molar-refractivity contribution in [2.24, 2.45) is 5.92 Å². The summed E-state index contributed by atoms with van der Waals surface area (Å²) < 4.78 is 0. The van der Waals surface area contributed by atoms with E-state index in [1.165, 1.54) is 27.8 Å². The molecule has 1 aliphatic rings. The molecule has 0 radical (unpaired) electrons. The molecule has 0 spiro atoms. The van der Waals surface area contributed by atoms with E-state index in [2.05, 4.69) is 89.7 Å². The molecule has 0 fully saturated rings. The molecular weight excluding hydrogens is 266 g/mol. The van der Waals surface area contributed by atoms with Gasteiger partial charge < -0.3 is 0 Å². The highest BCUT2D eigenvalue weighted by Crippen LogP contribution is 2.40. The van der Waals surface area contributed by atoms with E-state index in [1.54, 1.807) is 0 Å². The van der Waals surface area contributed by atoms with Crippen LogP contribution in [-0.4, -0.2) is 24.5 Å². The first-order valence-electron chi connectivity index (χ1n) is 8.07. The lowest BCUT2D eigenvalue weighted by molar-refractivity contribution is 0.164. The number of allylic oxidation sites excluding steroid dienone is 3. The first-order chi connectivity index (χ1) is 10.3. The molecular formula is C21H29N. The van der Waals surface area contributed by atoms with Crippen LogP contribution in [0.2, 0.25) is 0 Å². The summed E-state index contributed by atoms with van der Waals surface area (Å²) in [7, 11) is 4.35. The summed E-state index contributed by atoms with van der Waals surface area (Å²) in [5.41, 5.74) is 6.66. The molecule has 1 nitrogen and oxygen atoms in total. The van der Waals surface area contributed by atoms with E-state index in [9.17, 15) is 0 Å². The lowest BCUT2D eigenvalue weighted by Gasteiger charge is -2.45. The molecule has 0 bridgehead atoms. The van der Waals surface area contributed by atoms with Gasteiger partial charge in [-0.1, -0.05) is 55.5 Å². The molecule has 2 atom stereocenters. The van der Waals surface area contributed by atoms with E-state index in [-0.39, 0.29) is 5.54 Å². The Morgan fingerprint density at radius 3 is 2.45 bits per heavy atom. The first kappa shape index (κ1) is 16.8. The van der Waals surface area contributed by atoms with E-state index in [0.717, 1.165) is 6.42 Å². The summed E-state index contributed by atoms with van der Waals surface area (Å²) in [6.07, 6.45) is 5.65. The molecule has 22 heavy (non-hydrogen) atoms. The van der Waals surface area contributed by atoms with Gasteiger partial charge in [-0.15, -0.1) is 0 Å². The number of hydrogen-bond donors (Lipinski definition) is 0. The van der Waals surface area contributed by atoms with E-state index < -0.39 is 0 Å². The van der Waals surface area contributed by atoms with Crippen molar-refractivity contribution in [3.05, 3.63) is 65.3 Å². The largest absolute Gasteiger partial charge is 0.300 e. The maximum atomic E-state index is 4.38. The Balaban J connectivity index is 2.36. The summed E-state index contributed by atoms with van der Waals surface area (Å²) in [5.74, 6) is 0.493. The fraction of sp³-hybridized carbons (Fsp3) is 0.429. The second kappa shape index (κ2) is 6.26. The van der Waals surface area contributed by atoms with Crippen LogP contribution in [0, 0.1) is 12.8 Å². The van der Waals surface area contributed by atoms with Crippen molar-refractivity contribution < 1.29 is 0 Å². The summed E-state index contributed by atoms with van der Waals surface area (Å²) in [6.45, 7) is 13.4. The molecule has 1 heteroatoms. The maximum absolute atomic E-state index is 4.38. The van der Waals surface area contributed by atoms with E-state index in [1.807, 2.05) is 0 Å². The van der Waals surface area contributed by atoms with Gasteiger partial charge in [0, 0.05) is 5.54 Å². The zero-order chi connectivity index (χ0) is 16.5. The van der Waals surface area contributed by atoms with Crippen LogP contribution in [0.3, 0.4) is 0 Å². The zero-order valence-corrected chi connectivity index (χ0v) is 14.9. The third kappa shape index (κ3) is 2.96. The third-order valence-electron chi connectivity index (χ3n) is 5.31. The third-order valence-corrected chi connectivity index (χ3v) is 5.31. The number of likely N-dealkylation sites (N-methyl/N-ethyl adjacent to an activating group) is 1. The fourth-order valence-electron chi connectivity index (χ4n) is 3.54. The smallest absolute Gasteiger partial charge is 0.0452 e. The normalized spacial score (nSPS) is 25.0. The number of hydrogen-bond acceptors (Lipinski definition) is 1. The maximum Gasteiger partial charge on any atom is 0.0452 e. The van der Waals surface area contributed by atoms with Crippen molar-refractivity contribution in [2.45, 2.75) is 39.7 Å². The molecule has 0 saturated carbocycles. The number of benzene rings is 1. The Bertz CT molecular complexity index is 633. The molecule has 0 aromatic heterocycles. The molecule has 0 amide bonds. The first-order valence-corrected chi connectivity index (χ1v) is 8.07. The Morgan fingerprint density at radius 1 is 1.23 bits per heavy atom. The second-order valence-electron chi connectivity index (χ2n) is 7.01. The topological polar surface area (TPSA) is 3.24 Å². The van der Waals surface area contributed by atoms with Crippen LogP contribution in [-0.2, 0) is 0 Å². The van der Waals surface area contributed by atoms with Gasteiger partial charge in [-0.3, -0.25) is 4.90 Å². The van der Waals surface area contributed by atoms with E-state index in [0.29, 0.717) is 5.92 Å². The van der Waals surface area contributed by atoms with Gasteiger partial charge >= 0.3 is 0 Å². The van der Waals surface area contributed by atoms with Crippen molar-refractivity contribution in [1.82, 2.24) is 4.90 Å². The number of aryl methyl sites for hydroxylation is 1. The van der Waals surface area contributed by atoms with Gasteiger partial charge in [-0.05, 0) is 69.5 Å². The molecule has 0 heterocycles. The lowest BCUT2D eigenvalue weighted by atomic mass is 9.72. The minimum absolute atomic E-state index is 0.0468. The van der Waals surface area contributed by atoms with Crippen molar-refractivity contribution in [3.63, 3.8) is 0 Å². The Morgan fingerprint density at radius 2 is 1.86 bits per heavy atom. The van der Waals surface area contributed by atoms with Gasteiger partial charge in [0.1, 0.15) is 0 Å². The predicted octanol–water partition coefficient (Wildman–Crippen LogP) is 5.24. The summed E-state index contributed by atoms with van der Waals surface area (Å²) in [4.78, 5) is 2.34. The van der Waals surface area contributed by atoms with Gasteiger partial charge in [-0.25, -0.2) is 0 Å². The predicted molar refractivity (Wildman–Crippen MR) is 97.9 cm³/mol. The summed E-state index contributed by atoms with van der Waals surface area (Å²) in [5, 5.41) is 0. The fourth-order valence-corrected chi connectivity index (χ4v) is 3.54. The van der Waals surface area contributed by atoms with Crippen LogP contribution in [0.4, 0.5) is 0 Å². The highest BCUT2D eigenvalue weighted by atomic mass is 15.1. The summed E-state index contributed by atoms with van der Waals surface area (Å²) in [6, 6.07) is 8.53. The average molecular weight is 295 g/mol. The van der Waals surface area contributed by atoms with Crippen molar-refractivity contribution in [2.75, 3.05) is 14.1 Å².